The Bertz CT molecular complexity index is 698. The molecule has 1 heterocycles. The first-order chi connectivity index (χ1) is 8.52. The van der Waals surface area contributed by atoms with Crippen molar-refractivity contribution in [3.63, 3.8) is 0 Å². The predicted octanol–water partition coefficient (Wildman–Crippen LogP) is 1.98. The molecule has 0 bridgehead atoms. The van der Waals surface area contributed by atoms with E-state index in [4.69, 9.17) is 4.74 Å². The number of aryl methyl sites for hydroxylation is 3. The molecule has 0 saturated carbocycles. The van der Waals surface area contributed by atoms with Gasteiger partial charge in [0.25, 0.3) is 5.56 Å². The first-order valence-corrected chi connectivity index (χ1v) is 5.65. The van der Waals surface area contributed by atoms with Crippen LogP contribution < -0.4 is 10.3 Å². The maximum absolute atomic E-state index is 12.1. The maximum atomic E-state index is 12.1. The Labute approximate surface area is 105 Å². The minimum atomic E-state index is -0.293. The molecule has 0 fully saturated rings. The number of carbonyl (C=O) groups is 1. The van der Waals surface area contributed by atoms with Crippen LogP contribution in [-0.2, 0) is 7.05 Å². The molecule has 0 N–H and O–H groups in total. The summed E-state index contributed by atoms with van der Waals surface area (Å²) in [5, 5.41) is 0.901. The largest absolute Gasteiger partial charge is 0.495 e. The quantitative estimate of drug-likeness (QED) is 0.760. The summed E-state index contributed by atoms with van der Waals surface area (Å²) in [4.78, 5) is 23.2. The van der Waals surface area contributed by atoms with Crippen LogP contribution in [0.4, 0.5) is 0 Å². The molecule has 0 radical (unpaired) electrons. The highest BCUT2D eigenvalue weighted by Gasteiger charge is 2.16. The number of aldehydes is 1. The first kappa shape index (κ1) is 12.4. The van der Waals surface area contributed by atoms with Crippen LogP contribution in [-0.4, -0.2) is 18.0 Å². The molecule has 0 aliphatic carbocycles. The fraction of sp³-hybridized carbons (Fsp3) is 0.286. The molecule has 94 valence electrons. The third kappa shape index (κ3) is 1.53. The number of benzene rings is 1. The van der Waals surface area contributed by atoms with Gasteiger partial charge in [-0.05, 0) is 31.0 Å². The number of nitrogens with zero attached hydrogens (tertiary/aromatic N) is 1. The van der Waals surface area contributed by atoms with Crippen LogP contribution in [0.15, 0.2) is 16.9 Å². The number of ether oxygens (including phenoxy) is 1. The van der Waals surface area contributed by atoms with E-state index in [9.17, 15) is 9.59 Å². The van der Waals surface area contributed by atoms with Crippen LogP contribution in [0.2, 0.25) is 0 Å². The molecule has 1 aromatic heterocycles. The molecule has 0 atom stereocenters. The monoisotopic (exact) mass is 245 g/mol. The third-order valence-corrected chi connectivity index (χ3v) is 3.34. The standard InChI is InChI=1S/C14H15NO3/c1-8-5-6-11(18-4)13-12(8)9(2)10(7-16)14(17)15(13)3/h5-7H,1-4H3. The number of rotatable bonds is 2. The molecule has 18 heavy (non-hydrogen) atoms. The van der Waals surface area contributed by atoms with Gasteiger partial charge in [-0.1, -0.05) is 6.07 Å². The molecule has 0 aliphatic heterocycles. The van der Waals surface area contributed by atoms with Gasteiger partial charge in [0.2, 0.25) is 0 Å². The number of pyridine rings is 1. The van der Waals surface area contributed by atoms with E-state index in [-0.39, 0.29) is 11.1 Å². The summed E-state index contributed by atoms with van der Waals surface area (Å²) in [6.07, 6.45) is 0.621. The van der Waals surface area contributed by atoms with Gasteiger partial charge >= 0.3 is 0 Å². The summed E-state index contributed by atoms with van der Waals surface area (Å²) in [5.74, 6) is 0.635. The Hall–Kier alpha value is -2.10. The van der Waals surface area contributed by atoms with Gasteiger partial charge in [-0.25, -0.2) is 0 Å². The number of hydrogen-bond acceptors (Lipinski definition) is 3. The lowest BCUT2D eigenvalue weighted by Crippen LogP contribution is -2.23. The smallest absolute Gasteiger partial charge is 0.261 e. The van der Waals surface area contributed by atoms with Gasteiger partial charge in [-0.3, -0.25) is 9.59 Å². The molecule has 2 rings (SSSR count). The average Bonchev–Trinajstić information content (AvgIpc) is 2.36. The van der Waals surface area contributed by atoms with E-state index in [1.54, 1.807) is 21.1 Å². The van der Waals surface area contributed by atoms with Crippen molar-refractivity contribution in [1.82, 2.24) is 4.57 Å². The van der Waals surface area contributed by atoms with Gasteiger partial charge < -0.3 is 9.30 Å². The van der Waals surface area contributed by atoms with E-state index in [0.717, 1.165) is 16.5 Å². The zero-order chi connectivity index (χ0) is 13.4. The van der Waals surface area contributed by atoms with Crippen LogP contribution in [0.5, 0.6) is 5.75 Å². The summed E-state index contributed by atoms with van der Waals surface area (Å²) in [7, 11) is 3.22. The summed E-state index contributed by atoms with van der Waals surface area (Å²) in [6.45, 7) is 3.74. The second-order valence-electron chi connectivity index (χ2n) is 4.33. The Morgan fingerprint density at radius 2 is 1.94 bits per heavy atom. The van der Waals surface area contributed by atoms with Crippen molar-refractivity contribution in [2.75, 3.05) is 7.11 Å². The lowest BCUT2D eigenvalue weighted by Gasteiger charge is -2.15. The molecule has 4 nitrogen and oxygen atoms in total. The molecule has 4 heteroatoms. The van der Waals surface area contributed by atoms with Gasteiger partial charge in [-0.15, -0.1) is 0 Å². The minimum Gasteiger partial charge on any atom is -0.495 e. The number of aromatic nitrogens is 1. The fourth-order valence-electron chi connectivity index (χ4n) is 2.36. The van der Waals surface area contributed by atoms with Crippen molar-refractivity contribution in [3.05, 3.63) is 39.2 Å². The van der Waals surface area contributed by atoms with Crippen LogP contribution in [0.3, 0.4) is 0 Å². The Balaban J connectivity index is 3.16. The minimum absolute atomic E-state index is 0.210. The summed E-state index contributed by atoms with van der Waals surface area (Å²) in [6, 6.07) is 3.75. The van der Waals surface area contributed by atoms with E-state index in [2.05, 4.69) is 0 Å². The second kappa shape index (κ2) is 4.29. The number of hydrogen-bond donors (Lipinski definition) is 0. The van der Waals surface area contributed by atoms with Gasteiger partial charge in [0.1, 0.15) is 5.75 Å². The average molecular weight is 245 g/mol. The molecule has 2 aromatic rings. The molecule has 0 aliphatic rings. The predicted molar refractivity (Wildman–Crippen MR) is 70.6 cm³/mol. The van der Waals surface area contributed by atoms with Crippen molar-refractivity contribution >= 4 is 17.2 Å². The molecule has 0 spiro atoms. The van der Waals surface area contributed by atoms with Gasteiger partial charge in [0.05, 0.1) is 18.2 Å². The van der Waals surface area contributed by atoms with Crippen LogP contribution in [0, 0.1) is 13.8 Å². The molecule has 0 amide bonds. The highest BCUT2D eigenvalue weighted by molar-refractivity contribution is 5.95. The lowest BCUT2D eigenvalue weighted by molar-refractivity contribution is 0.112. The highest BCUT2D eigenvalue weighted by Crippen LogP contribution is 2.29. The normalized spacial score (nSPS) is 10.7. The lowest BCUT2D eigenvalue weighted by atomic mass is 10.0. The van der Waals surface area contributed by atoms with E-state index >= 15 is 0 Å². The molecule has 0 unspecified atom stereocenters. The summed E-state index contributed by atoms with van der Waals surface area (Å²) < 4.78 is 6.77. The van der Waals surface area contributed by atoms with E-state index in [1.165, 1.54) is 4.57 Å². The van der Waals surface area contributed by atoms with Crippen LogP contribution >= 0.6 is 0 Å². The molecular formula is C14H15NO3. The Morgan fingerprint density at radius 1 is 1.28 bits per heavy atom. The first-order valence-electron chi connectivity index (χ1n) is 5.65. The van der Waals surface area contributed by atoms with Gasteiger partial charge in [0.15, 0.2) is 6.29 Å². The highest BCUT2D eigenvalue weighted by atomic mass is 16.5. The van der Waals surface area contributed by atoms with E-state index in [1.807, 2.05) is 19.1 Å². The van der Waals surface area contributed by atoms with Gasteiger partial charge in [-0.2, -0.15) is 0 Å². The SMILES string of the molecule is COc1ccc(C)c2c(C)c(C=O)c(=O)n(C)c12. The zero-order valence-corrected chi connectivity index (χ0v) is 10.9. The summed E-state index contributed by atoms with van der Waals surface area (Å²) >= 11 is 0. The van der Waals surface area contributed by atoms with E-state index in [0.29, 0.717) is 17.6 Å². The topological polar surface area (TPSA) is 48.3 Å². The van der Waals surface area contributed by atoms with Crippen molar-refractivity contribution < 1.29 is 9.53 Å². The van der Waals surface area contributed by atoms with Crippen molar-refractivity contribution in [2.24, 2.45) is 7.05 Å². The van der Waals surface area contributed by atoms with E-state index < -0.39 is 0 Å². The van der Waals surface area contributed by atoms with Crippen LogP contribution in [0.25, 0.3) is 10.9 Å². The maximum Gasteiger partial charge on any atom is 0.261 e. The zero-order valence-electron chi connectivity index (χ0n) is 10.9. The second-order valence-corrected chi connectivity index (χ2v) is 4.33. The molecular weight excluding hydrogens is 230 g/mol. The van der Waals surface area contributed by atoms with Crippen molar-refractivity contribution in [2.45, 2.75) is 13.8 Å². The fourth-order valence-corrected chi connectivity index (χ4v) is 2.36. The number of fused-ring (bicyclic) bond motifs is 1. The summed E-state index contributed by atoms with van der Waals surface area (Å²) in [5.41, 5.74) is 2.37. The van der Waals surface area contributed by atoms with Gasteiger partial charge in [0, 0.05) is 12.4 Å². The number of carbonyl (C=O) groups excluding carboxylic acids is 1. The molecule has 0 saturated heterocycles. The third-order valence-electron chi connectivity index (χ3n) is 3.34. The number of methoxy groups -OCH3 is 1. The van der Waals surface area contributed by atoms with Crippen molar-refractivity contribution in [1.29, 1.82) is 0 Å². The van der Waals surface area contributed by atoms with Crippen molar-refractivity contribution in [3.8, 4) is 5.75 Å². The Kier molecular flexibility index (Phi) is 2.95. The Morgan fingerprint density at radius 3 is 2.50 bits per heavy atom. The van der Waals surface area contributed by atoms with Crippen LogP contribution in [0.1, 0.15) is 21.5 Å². The molecule has 1 aromatic carbocycles.